The fourth-order valence-electron chi connectivity index (χ4n) is 3.24. The number of para-hydroxylation sites is 3. The van der Waals surface area contributed by atoms with Gasteiger partial charge in [-0.1, -0.05) is 65.9 Å². The summed E-state index contributed by atoms with van der Waals surface area (Å²) in [6, 6.07) is 25.2. The fraction of sp³-hybridized carbons (Fsp3) is 0.0909. The molecular formula is C22H17N3S. The SMILES string of the molecule is Cc1ccc(CSc2nc3ccccc3c3nc4ccccc4n23)cc1. The summed E-state index contributed by atoms with van der Waals surface area (Å²) in [4.78, 5) is 9.82. The molecule has 126 valence electrons. The second kappa shape index (κ2) is 6.15. The molecule has 3 nitrogen and oxygen atoms in total. The molecule has 3 aromatic carbocycles. The Kier molecular flexibility index (Phi) is 3.64. The Morgan fingerprint density at radius 1 is 0.808 bits per heavy atom. The maximum atomic E-state index is 4.94. The maximum Gasteiger partial charge on any atom is 0.175 e. The van der Waals surface area contributed by atoms with Gasteiger partial charge in [-0.3, -0.25) is 4.40 Å². The molecule has 2 heterocycles. The van der Waals surface area contributed by atoms with Gasteiger partial charge in [0.05, 0.1) is 16.6 Å². The zero-order valence-corrected chi connectivity index (χ0v) is 15.2. The van der Waals surface area contributed by atoms with E-state index < -0.39 is 0 Å². The molecule has 0 atom stereocenters. The average molecular weight is 355 g/mol. The number of rotatable bonds is 3. The Hall–Kier alpha value is -2.85. The number of imidazole rings is 1. The number of aryl methyl sites for hydroxylation is 1. The first kappa shape index (κ1) is 15.4. The number of hydrogen-bond donors (Lipinski definition) is 0. The molecule has 0 N–H and O–H groups in total. The van der Waals surface area contributed by atoms with E-state index in [1.54, 1.807) is 11.8 Å². The van der Waals surface area contributed by atoms with Crippen LogP contribution >= 0.6 is 11.8 Å². The first-order chi connectivity index (χ1) is 12.8. The van der Waals surface area contributed by atoms with Gasteiger partial charge in [0.25, 0.3) is 0 Å². The number of fused-ring (bicyclic) bond motifs is 5. The highest BCUT2D eigenvalue weighted by atomic mass is 32.2. The monoisotopic (exact) mass is 355 g/mol. The fourth-order valence-corrected chi connectivity index (χ4v) is 4.21. The predicted molar refractivity (Wildman–Crippen MR) is 109 cm³/mol. The molecule has 5 aromatic rings. The molecule has 0 aliphatic rings. The molecule has 0 fully saturated rings. The minimum Gasteiger partial charge on any atom is -0.271 e. The van der Waals surface area contributed by atoms with Crippen LogP contribution in [0, 0.1) is 6.92 Å². The molecule has 2 aromatic heterocycles. The average Bonchev–Trinajstić information content (AvgIpc) is 3.07. The lowest BCUT2D eigenvalue weighted by Crippen LogP contribution is -1.97. The van der Waals surface area contributed by atoms with Crippen LogP contribution in [0.2, 0.25) is 0 Å². The van der Waals surface area contributed by atoms with Crippen LogP contribution in [0.15, 0.2) is 78.0 Å². The van der Waals surface area contributed by atoms with Crippen molar-refractivity contribution < 1.29 is 0 Å². The lowest BCUT2D eigenvalue weighted by Gasteiger charge is -2.08. The number of aromatic nitrogens is 3. The lowest BCUT2D eigenvalue weighted by atomic mass is 10.2. The van der Waals surface area contributed by atoms with Gasteiger partial charge in [-0.2, -0.15) is 0 Å². The summed E-state index contributed by atoms with van der Waals surface area (Å²) in [6.45, 7) is 2.11. The maximum absolute atomic E-state index is 4.94. The van der Waals surface area contributed by atoms with Crippen LogP contribution in [-0.2, 0) is 5.75 Å². The van der Waals surface area contributed by atoms with E-state index in [1.165, 1.54) is 11.1 Å². The zero-order valence-electron chi connectivity index (χ0n) is 14.4. The first-order valence-electron chi connectivity index (χ1n) is 8.64. The molecule has 0 radical (unpaired) electrons. The summed E-state index contributed by atoms with van der Waals surface area (Å²) in [6.07, 6.45) is 0. The summed E-state index contributed by atoms with van der Waals surface area (Å²) < 4.78 is 2.19. The van der Waals surface area contributed by atoms with E-state index in [2.05, 4.69) is 65.9 Å². The summed E-state index contributed by atoms with van der Waals surface area (Å²) in [5.41, 5.74) is 6.65. The van der Waals surface area contributed by atoms with Crippen molar-refractivity contribution in [2.24, 2.45) is 0 Å². The summed E-state index contributed by atoms with van der Waals surface area (Å²) in [5, 5.41) is 2.07. The Morgan fingerprint density at radius 2 is 1.54 bits per heavy atom. The summed E-state index contributed by atoms with van der Waals surface area (Å²) >= 11 is 1.76. The van der Waals surface area contributed by atoms with Crippen LogP contribution in [0.3, 0.4) is 0 Å². The van der Waals surface area contributed by atoms with Crippen molar-refractivity contribution in [2.75, 3.05) is 0 Å². The third kappa shape index (κ3) is 2.54. The molecule has 0 saturated carbocycles. The smallest absolute Gasteiger partial charge is 0.175 e. The van der Waals surface area contributed by atoms with Gasteiger partial charge in [0.2, 0.25) is 0 Å². The first-order valence-corrected chi connectivity index (χ1v) is 9.62. The molecule has 0 amide bonds. The quantitative estimate of drug-likeness (QED) is 0.310. The van der Waals surface area contributed by atoms with Gasteiger partial charge in [-0.25, -0.2) is 9.97 Å². The third-order valence-electron chi connectivity index (χ3n) is 4.60. The minimum atomic E-state index is 0.882. The third-order valence-corrected chi connectivity index (χ3v) is 5.61. The Balaban J connectivity index is 1.70. The topological polar surface area (TPSA) is 30.2 Å². The molecular weight excluding hydrogens is 338 g/mol. The number of hydrogen-bond acceptors (Lipinski definition) is 3. The van der Waals surface area contributed by atoms with E-state index in [0.717, 1.165) is 38.5 Å². The van der Waals surface area contributed by atoms with Gasteiger partial charge in [-0.05, 0) is 36.8 Å². The van der Waals surface area contributed by atoms with Crippen molar-refractivity contribution in [3.8, 4) is 0 Å². The van der Waals surface area contributed by atoms with E-state index in [-0.39, 0.29) is 0 Å². The highest BCUT2D eigenvalue weighted by molar-refractivity contribution is 7.98. The van der Waals surface area contributed by atoms with E-state index >= 15 is 0 Å². The number of benzene rings is 3. The van der Waals surface area contributed by atoms with Gasteiger partial charge in [0, 0.05) is 11.1 Å². The minimum absolute atomic E-state index is 0.882. The largest absolute Gasteiger partial charge is 0.271 e. The van der Waals surface area contributed by atoms with Crippen LogP contribution < -0.4 is 0 Å². The van der Waals surface area contributed by atoms with Crippen LogP contribution in [-0.4, -0.2) is 14.4 Å². The molecule has 0 spiro atoms. The van der Waals surface area contributed by atoms with Gasteiger partial charge in [0.1, 0.15) is 5.65 Å². The predicted octanol–water partition coefficient (Wildman–Crippen LogP) is 5.64. The van der Waals surface area contributed by atoms with Crippen LogP contribution in [0.25, 0.3) is 27.6 Å². The highest BCUT2D eigenvalue weighted by Crippen LogP contribution is 2.30. The molecule has 0 bridgehead atoms. The number of nitrogens with zero attached hydrogens (tertiary/aromatic N) is 3. The Bertz CT molecular complexity index is 1240. The van der Waals surface area contributed by atoms with Gasteiger partial charge >= 0.3 is 0 Å². The highest BCUT2D eigenvalue weighted by Gasteiger charge is 2.13. The molecule has 0 unspecified atom stereocenters. The molecule has 5 rings (SSSR count). The zero-order chi connectivity index (χ0) is 17.5. The van der Waals surface area contributed by atoms with Crippen molar-refractivity contribution in [1.29, 1.82) is 0 Å². The lowest BCUT2D eigenvalue weighted by molar-refractivity contribution is 0.952. The van der Waals surface area contributed by atoms with Crippen LogP contribution in [0.4, 0.5) is 0 Å². The van der Waals surface area contributed by atoms with Gasteiger partial charge < -0.3 is 0 Å². The van der Waals surface area contributed by atoms with Crippen LogP contribution in [0.5, 0.6) is 0 Å². The molecule has 4 heteroatoms. The molecule has 0 saturated heterocycles. The van der Waals surface area contributed by atoms with E-state index in [4.69, 9.17) is 9.97 Å². The molecule has 26 heavy (non-hydrogen) atoms. The Morgan fingerprint density at radius 3 is 2.38 bits per heavy atom. The molecule has 0 aliphatic carbocycles. The second-order valence-corrected chi connectivity index (χ2v) is 7.39. The van der Waals surface area contributed by atoms with Crippen molar-refractivity contribution in [2.45, 2.75) is 17.8 Å². The van der Waals surface area contributed by atoms with Crippen molar-refractivity contribution in [3.63, 3.8) is 0 Å². The van der Waals surface area contributed by atoms with E-state index in [1.807, 2.05) is 18.2 Å². The second-order valence-electron chi connectivity index (χ2n) is 6.45. The van der Waals surface area contributed by atoms with Crippen molar-refractivity contribution >= 4 is 39.3 Å². The standard InChI is InChI=1S/C22H17N3S/c1-15-10-12-16(13-11-15)14-26-22-24-18-7-3-2-6-17(18)21-23-19-8-4-5-9-20(19)25(21)22/h2-13H,14H2,1H3. The van der Waals surface area contributed by atoms with Gasteiger partial charge in [-0.15, -0.1) is 0 Å². The van der Waals surface area contributed by atoms with E-state index in [9.17, 15) is 0 Å². The summed E-state index contributed by atoms with van der Waals surface area (Å²) in [7, 11) is 0. The normalized spacial score (nSPS) is 11.6. The molecule has 0 aliphatic heterocycles. The van der Waals surface area contributed by atoms with Crippen molar-refractivity contribution in [1.82, 2.24) is 14.4 Å². The summed E-state index contributed by atoms with van der Waals surface area (Å²) in [5.74, 6) is 0.882. The van der Waals surface area contributed by atoms with Crippen LogP contribution in [0.1, 0.15) is 11.1 Å². The van der Waals surface area contributed by atoms with Crippen molar-refractivity contribution in [3.05, 3.63) is 83.9 Å². The van der Waals surface area contributed by atoms with E-state index in [0.29, 0.717) is 0 Å². The number of thioether (sulfide) groups is 1. The Labute approximate surface area is 155 Å². The van der Waals surface area contributed by atoms with Gasteiger partial charge in [0.15, 0.2) is 5.16 Å².